The maximum atomic E-state index is 14.3. The zero-order valence-corrected chi connectivity index (χ0v) is 17.3. The Morgan fingerprint density at radius 3 is 2.10 bits per heavy atom. The molecule has 3 aromatic rings. The molecule has 164 valence electrons. The SMILES string of the molecule is Cc1cc(C)n(-c2cc(N3CCN(c4ncc(C(F)(F)F)cc4F)CC3)nc(C)n2)n1. The van der Waals surface area contributed by atoms with Crippen LogP contribution in [0.5, 0.6) is 0 Å². The molecular formula is C20H21F4N7. The molecule has 0 atom stereocenters. The van der Waals surface area contributed by atoms with Crippen molar-refractivity contribution in [3.05, 3.63) is 53.0 Å². The van der Waals surface area contributed by atoms with Gasteiger partial charge in [-0.25, -0.2) is 24.0 Å². The number of pyridine rings is 1. The quantitative estimate of drug-likeness (QED) is 0.587. The highest BCUT2D eigenvalue weighted by atomic mass is 19.4. The van der Waals surface area contributed by atoms with Gasteiger partial charge in [-0.1, -0.05) is 0 Å². The number of rotatable bonds is 3. The second kappa shape index (κ2) is 7.78. The minimum atomic E-state index is -4.63. The monoisotopic (exact) mass is 435 g/mol. The van der Waals surface area contributed by atoms with Crippen molar-refractivity contribution >= 4 is 11.6 Å². The number of piperazine rings is 1. The Labute approximate surface area is 176 Å². The van der Waals surface area contributed by atoms with Crippen molar-refractivity contribution < 1.29 is 17.6 Å². The number of hydrogen-bond acceptors (Lipinski definition) is 6. The van der Waals surface area contributed by atoms with Crippen LogP contribution in [-0.4, -0.2) is 50.9 Å². The number of anilines is 2. The molecule has 4 heterocycles. The van der Waals surface area contributed by atoms with Crippen molar-refractivity contribution in [2.45, 2.75) is 26.9 Å². The minimum absolute atomic E-state index is 0.0742. The first-order valence-electron chi connectivity index (χ1n) is 9.74. The molecule has 31 heavy (non-hydrogen) atoms. The van der Waals surface area contributed by atoms with E-state index >= 15 is 0 Å². The molecular weight excluding hydrogens is 414 g/mol. The Balaban J connectivity index is 1.51. The lowest BCUT2D eigenvalue weighted by Crippen LogP contribution is -2.47. The molecule has 11 heteroatoms. The lowest BCUT2D eigenvalue weighted by molar-refractivity contribution is -0.138. The number of hydrogen-bond donors (Lipinski definition) is 0. The summed E-state index contributed by atoms with van der Waals surface area (Å²) in [5.41, 5.74) is 0.741. The Morgan fingerprint density at radius 2 is 1.52 bits per heavy atom. The standard InChI is InChI=1S/C20H21F4N7/c1-12-8-13(2)31(28-12)18-10-17(26-14(3)27-18)29-4-6-30(7-5-29)19-16(21)9-15(11-25-19)20(22,23)24/h8-11H,4-7H2,1-3H3. The minimum Gasteiger partial charge on any atom is -0.353 e. The number of aromatic nitrogens is 5. The van der Waals surface area contributed by atoms with Crippen LogP contribution in [0, 0.1) is 26.6 Å². The summed E-state index contributed by atoms with van der Waals surface area (Å²) in [6.07, 6.45) is -3.96. The third-order valence-corrected chi connectivity index (χ3v) is 5.09. The van der Waals surface area contributed by atoms with E-state index < -0.39 is 17.6 Å². The van der Waals surface area contributed by atoms with E-state index in [-0.39, 0.29) is 5.82 Å². The van der Waals surface area contributed by atoms with Crippen LogP contribution in [0.25, 0.3) is 5.82 Å². The van der Waals surface area contributed by atoms with Gasteiger partial charge in [0.15, 0.2) is 17.5 Å². The first-order chi connectivity index (χ1) is 14.6. The third kappa shape index (κ3) is 4.30. The predicted octanol–water partition coefficient (Wildman–Crippen LogP) is 3.47. The predicted molar refractivity (Wildman–Crippen MR) is 107 cm³/mol. The number of alkyl halides is 3. The van der Waals surface area contributed by atoms with E-state index in [1.807, 2.05) is 30.9 Å². The van der Waals surface area contributed by atoms with Gasteiger partial charge in [0.05, 0.1) is 11.3 Å². The van der Waals surface area contributed by atoms with E-state index in [1.54, 1.807) is 16.5 Å². The van der Waals surface area contributed by atoms with Gasteiger partial charge in [-0.15, -0.1) is 0 Å². The van der Waals surface area contributed by atoms with E-state index in [1.165, 1.54) is 0 Å². The molecule has 0 saturated carbocycles. The summed E-state index contributed by atoms with van der Waals surface area (Å²) in [7, 11) is 0. The molecule has 0 unspecified atom stereocenters. The molecule has 1 aliphatic heterocycles. The van der Waals surface area contributed by atoms with Gasteiger partial charge in [-0.3, -0.25) is 0 Å². The summed E-state index contributed by atoms with van der Waals surface area (Å²) in [6, 6.07) is 4.30. The summed E-state index contributed by atoms with van der Waals surface area (Å²) in [4.78, 5) is 16.4. The molecule has 0 spiro atoms. The second-order valence-electron chi connectivity index (χ2n) is 7.47. The zero-order chi connectivity index (χ0) is 22.3. The highest BCUT2D eigenvalue weighted by molar-refractivity contribution is 5.49. The van der Waals surface area contributed by atoms with Crippen LogP contribution in [0.1, 0.15) is 22.8 Å². The van der Waals surface area contributed by atoms with Crippen LogP contribution < -0.4 is 9.80 Å². The first-order valence-corrected chi connectivity index (χ1v) is 9.74. The molecule has 7 nitrogen and oxygen atoms in total. The average molecular weight is 435 g/mol. The molecule has 0 aromatic carbocycles. The fourth-order valence-electron chi connectivity index (χ4n) is 3.63. The van der Waals surface area contributed by atoms with Crippen molar-refractivity contribution in [1.82, 2.24) is 24.7 Å². The zero-order valence-electron chi connectivity index (χ0n) is 17.3. The van der Waals surface area contributed by atoms with Crippen LogP contribution >= 0.6 is 0 Å². The van der Waals surface area contributed by atoms with Crippen molar-refractivity contribution in [3.63, 3.8) is 0 Å². The van der Waals surface area contributed by atoms with E-state index in [0.717, 1.165) is 17.2 Å². The molecule has 0 N–H and O–H groups in total. The Kier molecular flexibility index (Phi) is 5.28. The van der Waals surface area contributed by atoms with Gasteiger partial charge in [0.2, 0.25) is 0 Å². The number of halogens is 4. The summed E-state index contributed by atoms with van der Waals surface area (Å²) in [6.45, 7) is 7.47. The lowest BCUT2D eigenvalue weighted by Gasteiger charge is -2.36. The maximum Gasteiger partial charge on any atom is 0.417 e. The summed E-state index contributed by atoms with van der Waals surface area (Å²) < 4.78 is 54.3. The number of aryl methyl sites for hydroxylation is 3. The molecule has 1 fully saturated rings. The fourth-order valence-corrected chi connectivity index (χ4v) is 3.63. The molecule has 1 saturated heterocycles. The Bertz CT molecular complexity index is 1100. The van der Waals surface area contributed by atoms with Crippen molar-refractivity contribution in [2.24, 2.45) is 0 Å². The van der Waals surface area contributed by atoms with E-state index in [9.17, 15) is 17.6 Å². The van der Waals surface area contributed by atoms with Gasteiger partial charge in [-0.2, -0.15) is 18.3 Å². The van der Waals surface area contributed by atoms with Gasteiger partial charge < -0.3 is 9.80 Å². The largest absolute Gasteiger partial charge is 0.417 e. The number of nitrogens with zero attached hydrogens (tertiary/aromatic N) is 7. The van der Waals surface area contributed by atoms with Crippen LogP contribution in [0.15, 0.2) is 24.4 Å². The first kappa shape index (κ1) is 21.0. The van der Waals surface area contributed by atoms with E-state index in [0.29, 0.717) is 50.1 Å². The smallest absolute Gasteiger partial charge is 0.353 e. The average Bonchev–Trinajstić information content (AvgIpc) is 3.05. The molecule has 4 rings (SSSR count). The summed E-state index contributed by atoms with van der Waals surface area (Å²) >= 11 is 0. The third-order valence-electron chi connectivity index (χ3n) is 5.09. The highest BCUT2D eigenvalue weighted by Crippen LogP contribution is 2.31. The van der Waals surface area contributed by atoms with Crippen molar-refractivity contribution in [1.29, 1.82) is 0 Å². The molecule has 0 radical (unpaired) electrons. The Morgan fingerprint density at radius 1 is 0.871 bits per heavy atom. The molecule has 3 aromatic heterocycles. The topological polar surface area (TPSA) is 63.0 Å². The maximum absolute atomic E-state index is 14.3. The molecule has 1 aliphatic rings. The molecule has 0 bridgehead atoms. The normalized spacial score (nSPS) is 14.9. The van der Waals surface area contributed by atoms with Gasteiger partial charge in [0.1, 0.15) is 11.6 Å². The Hall–Kier alpha value is -3.24. The van der Waals surface area contributed by atoms with E-state index in [2.05, 4.69) is 20.1 Å². The van der Waals surface area contributed by atoms with Gasteiger partial charge in [-0.05, 0) is 32.9 Å². The summed E-state index contributed by atoms with van der Waals surface area (Å²) in [5, 5.41) is 4.46. The van der Waals surface area contributed by atoms with Crippen molar-refractivity contribution in [3.8, 4) is 5.82 Å². The van der Waals surface area contributed by atoms with Crippen LogP contribution in [0.2, 0.25) is 0 Å². The van der Waals surface area contributed by atoms with E-state index in [4.69, 9.17) is 0 Å². The van der Waals surface area contributed by atoms with Gasteiger partial charge in [0.25, 0.3) is 0 Å². The highest BCUT2D eigenvalue weighted by Gasteiger charge is 2.33. The van der Waals surface area contributed by atoms with Gasteiger partial charge >= 0.3 is 6.18 Å². The van der Waals surface area contributed by atoms with Crippen molar-refractivity contribution in [2.75, 3.05) is 36.0 Å². The lowest BCUT2D eigenvalue weighted by atomic mass is 10.2. The van der Waals surface area contributed by atoms with Crippen LogP contribution in [0.4, 0.5) is 29.2 Å². The fraction of sp³-hybridized carbons (Fsp3) is 0.400. The van der Waals surface area contributed by atoms with Crippen LogP contribution in [-0.2, 0) is 6.18 Å². The molecule has 0 aliphatic carbocycles. The summed E-state index contributed by atoms with van der Waals surface area (Å²) in [5.74, 6) is 0.919. The van der Waals surface area contributed by atoms with Gasteiger partial charge in [0, 0.05) is 44.1 Å². The van der Waals surface area contributed by atoms with Crippen LogP contribution in [0.3, 0.4) is 0 Å². The second-order valence-corrected chi connectivity index (χ2v) is 7.47. The molecule has 0 amide bonds.